The Balaban J connectivity index is 1.51. The van der Waals surface area contributed by atoms with Crippen molar-refractivity contribution >= 4 is 23.1 Å². The minimum absolute atomic E-state index is 0.0714. The van der Waals surface area contributed by atoms with Gasteiger partial charge in [-0.3, -0.25) is 9.78 Å². The van der Waals surface area contributed by atoms with Crippen molar-refractivity contribution in [2.75, 3.05) is 36.0 Å². The Bertz CT molecular complexity index is 992. The molecule has 0 atom stereocenters. The number of H-pyrrole nitrogens is 1. The lowest BCUT2D eigenvalue weighted by molar-refractivity contribution is 0.533. The third kappa shape index (κ3) is 2.81. The highest BCUT2D eigenvalue weighted by Gasteiger charge is 2.23. The van der Waals surface area contributed by atoms with Crippen LogP contribution in [0.15, 0.2) is 27.4 Å². The number of hydrogen-bond donors (Lipinski definition) is 1. The van der Waals surface area contributed by atoms with Crippen LogP contribution in [0.1, 0.15) is 5.69 Å². The largest absolute Gasteiger partial charge is 0.423 e. The van der Waals surface area contributed by atoms with Crippen LogP contribution in [0.3, 0.4) is 0 Å². The molecule has 1 N–H and O–H groups in total. The van der Waals surface area contributed by atoms with Gasteiger partial charge in [0.05, 0.1) is 5.69 Å². The number of hydrogen-bond acceptors (Lipinski definition) is 6. The number of fused-ring (bicyclic) bond motifs is 1. The minimum Gasteiger partial charge on any atom is -0.423 e. The van der Waals surface area contributed by atoms with Crippen molar-refractivity contribution < 1.29 is 13.2 Å². The fraction of sp³-hybridized carbons (Fsp3) is 0.312. The van der Waals surface area contributed by atoms with E-state index in [1.54, 1.807) is 6.07 Å². The molecule has 0 amide bonds. The Morgan fingerprint density at radius 2 is 1.84 bits per heavy atom. The van der Waals surface area contributed by atoms with Crippen LogP contribution in [0.2, 0.25) is 0 Å². The molecule has 7 nitrogen and oxygen atoms in total. The van der Waals surface area contributed by atoms with Gasteiger partial charge in [-0.2, -0.15) is 9.37 Å². The molecule has 1 aliphatic rings. The highest BCUT2D eigenvalue weighted by Crippen LogP contribution is 2.24. The van der Waals surface area contributed by atoms with Crippen LogP contribution in [0, 0.1) is 18.6 Å². The zero-order valence-electron chi connectivity index (χ0n) is 13.4. The van der Waals surface area contributed by atoms with Crippen LogP contribution in [0.5, 0.6) is 0 Å². The standard InChI is InChI=1S/C16H15F2N5O2/c1-9-13(18)14(24)21-15(19-9)22-4-6-23(7-5-22)16-20-11-3-2-10(17)8-12(11)25-16/h2-3,8H,4-7H2,1H3,(H,19,21,24). The first-order valence-electron chi connectivity index (χ1n) is 7.83. The first kappa shape index (κ1) is 15.6. The van der Waals surface area contributed by atoms with Gasteiger partial charge in [0, 0.05) is 32.2 Å². The summed E-state index contributed by atoms with van der Waals surface area (Å²) >= 11 is 0. The minimum atomic E-state index is -0.860. The van der Waals surface area contributed by atoms with E-state index in [0.29, 0.717) is 49.2 Å². The van der Waals surface area contributed by atoms with E-state index in [9.17, 15) is 13.6 Å². The smallest absolute Gasteiger partial charge is 0.298 e. The summed E-state index contributed by atoms with van der Waals surface area (Å²) in [5.41, 5.74) is 0.296. The summed E-state index contributed by atoms with van der Waals surface area (Å²) in [6.07, 6.45) is 0. The van der Waals surface area contributed by atoms with E-state index in [1.165, 1.54) is 19.1 Å². The highest BCUT2D eigenvalue weighted by atomic mass is 19.1. The zero-order valence-corrected chi connectivity index (χ0v) is 13.4. The monoisotopic (exact) mass is 347 g/mol. The Labute approximate surface area is 140 Å². The van der Waals surface area contributed by atoms with Gasteiger partial charge < -0.3 is 14.2 Å². The van der Waals surface area contributed by atoms with Crippen LogP contribution in [0.4, 0.5) is 20.7 Å². The maximum absolute atomic E-state index is 13.4. The number of rotatable bonds is 2. The van der Waals surface area contributed by atoms with Crippen molar-refractivity contribution in [1.29, 1.82) is 0 Å². The van der Waals surface area contributed by atoms with Crippen molar-refractivity contribution in [3.8, 4) is 0 Å². The molecule has 1 fully saturated rings. The summed E-state index contributed by atoms with van der Waals surface area (Å²) in [7, 11) is 0. The molecule has 3 aromatic rings. The summed E-state index contributed by atoms with van der Waals surface area (Å²) in [5, 5.41) is 0. The molecule has 0 aliphatic carbocycles. The predicted molar refractivity (Wildman–Crippen MR) is 87.9 cm³/mol. The van der Waals surface area contributed by atoms with Crippen molar-refractivity contribution in [2.45, 2.75) is 6.92 Å². The number of aromatic nitrogens is 3. The molecule has 25 heavy (non-hydrogen) atoms. The van der Waals surface area contributed by atoms with E-state index in [4.69, 9.17) is 4.42 Å². The van der Waals surface area contributed by atoms with E-state index < -0.39 is 11.4 Å². The van der Waals surface area contributed by atoms with Crippen LogP contribution in [0.25, 0.3) is 11.1 Å². The number of nitrogens with one attached hydrogen (secondary N) is 1. The second-order valence-corrected chi connectivity index (χ2v) is 5.87. The first-order chi connectivity index (χ1) is 12.0. The highest BCUT2D eigenvalue weighted by molar-refractivity contribution is 5.74. The van der Waals surface area contributed by atoms with Crippen molar-refractivity contribution in [1.82, 2.24) is 15.0 Å². The van der Waals surface area contributed by atoms with Crippen LogP contribution < -0.4 is 15.4 Å². The fourth-order valence-corrected chi connectivity index (χ4v) is 2.84. The van der Waals surface area contributed by atoms with Gasteiger partial charge in [-0.05, 0) is 19.1 Å². The van der Waals surface area contributed by atoms with E-state index in [2.05, 4.69) is 15.0 Å². The molecule has 9 heteroatoms. The number of piperazine rings is 1. The topological polar surface area (TPSA) is 78.3 Å². The van der Waals surface area contributed by atoms with Crippen molar-refractivity contribution in [2.24, 2.45) is 0 Å². The van der Waals surface area contributed by atoms with Crippen LogP contribution in [-0.2, 0) is 0 Å². The van der Waals surface area contributed by atoms with Crippen LogP contribution in [-0.4, -0.2) is 41.1 Å². The Morgan fingerprint density at radius 3 is 2.56 bits per heavy atom. The molecule has 1 aliphatic heterocycles. The van der Waals surface area contributed by atoms with E-state index in [0.717, 1.165) is 0 Å². The normalized spacial score (nSPS) is 15.2. The second kappa shape index (κ2) is 5.83. The average Bonchev–Trinajstić information content (AvgIpc) is 3.02. The number of aromatic amines is 1. The van der Waals surface area contributed by atoms with Crippen molar-refractivity contribution in [3.05, 3.63) is 45.9 Å². The van der Waals surface area contributed by atoms with Crippen LogP contribution >= 0.6 is 0 Å². The molecule has 4 rings (SSSR count). The van der Waals surface area contributed by atoms with Gasteiger partial charge in [0.15, 0.2) is 5.58 Å². The second-order valence-electron chi connectivity index (χ2n) is 5.87. The molecular formula is C16H15F2N5O2. The van der Waals surface area contributed by atoms with Crippen molar-refractivity contribution in [3.63, 3.8) is 0 Å². The Hall–Kier alpha value is -2.97. The predicted octanol–water partition coefficient (Wildman–Crippen LogP) is 1.82. The van der Waals surface area contributed by atoms with E-state index in [-0.39, 0.29) is 11.5 Å². The van der Waals surface area contributed by atoms with Gasteiger partial charge in [0.25, 0.3) is 11.6 Å². The van der Waals surface area contributed by atoms with E-state index in [1.807, 2.05) is 9.80 Å². The van der Waals surface area contributed by atoms with Gasteiger partial charge >= 0.3 is 0 Å². The number of aryl methyl sites for hydroxylation is 1. The Morgan fingerprint density at radius 1 is 1.12 bits per heavy atom. The molecule has 2 aromatic heterocycles. The quantitative estimate of drug-likeness (QED) is 0.762. The van der Waals surface area contributed by atoms with Gasteiger partial charge in [-0.15, -0.1) is 0 Å². The fourth-order valence-electron chi connectivity index (χ4n) is 2.84. The molecule has 130 valence electrons. The maximum atomic E-state index is 13.4. The molecule has 0 radical (unpaired) electrons. The molecule has 0 saturated carbocycles. The lowest BCUT2D eigenvalue weighted by Gasteiger charge is -2.34. The number of oxazole rings is 1. The summed E-state index contributed by atoms with van der Waals surface area (Å²) in [6.45, 7) is 3.73. The molecule has 1 saturated heterocycles. The van der Waals surface area contributed by atoms with E-state index >= 15 is 0 Å². The summed E-state index contributed by atoms with van der Waals surface area (Å²) < 4.78 is 32.3. The number of nitrogens with zero attached hydrogens (tertiary/aromatic N) is 4. The SMILES string of the molecule is Cc1nc(N2CCN(c3nc4ccc(F)cc4o3)CC2)[nH]c(=O)c1F. The third-order valence-electron chi connectivity index (χ3n) is 4.20. The molecule has 3 heterocycles. The molecule has 0 spiro atoms. The maximum Gasteiger partial charge on any atom is 0.298 e. The number of halogens is 2. The van der Waals surface area contributed by atoms with Gasteiger partial charge in [0.2, 0.25) is 11.8 Å². The summed E-state index contributed by atoms with van der Waals surface area (Å²) in [4.78, 5) is 26.3. The average molecular weight is 347 g/mol. The third-order valence-corrected chi connectivity index (χ3v) is 4.20. The molecule has 1 aromatic carbocycles. The molecule has 0 bridgehead atoms. The lowest BCUT2D eigenvalue weighted by atomic mass is 10.3. The van der Waals surface area contributed by atoms with Gasteiger partial charge in [0.1, 0.15) is 11.3 Å². The molecule has 0 unspecified atom stereocenters. The summed E-state index contributed by atoms with van der Waals surface area (Å²) in [6, 6.07) is 4.64. The molecular weight excluding hydrogens is 332 g/mol. The zero-order chi connectivity index (χ0) is 17.6. The van der Waals surface area contributed by atoms with Gasteiger partial charge in [-0.25, -0.2) is 9.37 Å². The first-order valence-corrected chi connectivity index (χ1v) is 7.83. The lowest BCUT2D eigenvalue weighted by Crippen LogP contribution is -2.47. The summed E-state index contributed by atoms with van der Waals surface area (Å²) in [5.74, 6) is -0.883. The Kier molecular flexibility index (Phi) is 3.63. The van der Waals surface area contributed by atoms with Gasteiger partial charge in [-0.1, -0.05) is 0 Å². The number of benzene rings is 1. The number of anilines is 2.